The average molecular weight is 284 g/mol. The standard InChI is InChI=1S/C19H24O2/c1-4-21-18-11-9-17(10-12-18)19(20)13-15-5-7-16(8-6-15)14(2)3/h5-12,14,19-20H,4,13H2,1-3H3. The van der Waals surface area contributed by atoms with Crippen molar-refractivity contribution in [2.24, 2.45) is 0 Å². The molecule has 2 heteroatoms. The van der Waals surface area contributed by atoms with E-state index in [2.05, 4.69) is 38.1 Å². The maximum atomic E-state index is 10.3. The summed E-state index contributed by atoms with van der Waals surface area (Å²) in [6.07, 6.45) is 0.150. The summed E-state index contributed by atoms with van der Waals surface area (Å²) in [5, 5.41) is 10.3. The van der Waals surface area contributed by atoms with Gasteiger partial charge in [-0.15, -0.1) is 0 Å². The maximum absolute atomic E-state index is 10.3. The second-order valence-corrected chi connectivity index (χ2v) is 5.62. The molecule has 2 aromatic carbocycles. The molecule has 1 N–H and O–H groups in total. The predicted octanol–water partition coefficient (Wildman–Crippen LogP) is 4.48. The molecule has 0 aliphatic carbocycles. The second kappa shape index (κ2) is 7.28. The smallest absolute Gasteiger partial charge is 0.119 e. The van der Waals surface area contributed by atoms with Crippen LogP contribution in [-0.4, -0.2) is 11.7 Å². The van der Waals surface area contributed by atoms with Crippen LogP contribution in [0.3, 0.4) is 0 Å². The van der Waals surface area contributed by atoms with Crippen molar-refractivity contribution < 1.29 is 9.84 Å². The Hall–Kier alpha value is -1.80. The summed E-state index contributed by atoms with van der Waals surface area (Å²) in [6.45, 7) is 6.99. The normalized spacial score (nSPS) is 12.4. The van der Waals surface area contributed by atoms with Crippen molar-refractivity contribution >= 4 is 0 Å². The molecule has 112 valence electrons. The van der Waals surface area contributed by atoms with Gasteiger partial charge in [0.05, 0.1) is 12.7 Å². The van der Waals surface area contributed by atoms with Crippen LogP contribution >= 0.6 is 0 Å². The lowest BCUT2D eigenvalue weighted by Gasteiger charge is -2.13. The van der Waals surface area contributed by atoms with Crippen LogP contribution in [0.4, 0.5) is 0 Å². The Labute approximate surface area is 127 Å². The highest BCUT2D eigenvalue weighted by Crippen LogP contribution is 2.22. The minimum absolute atomic E-state index is 0.481. The fraction of sp³-hybridized carbons (Fsp3) is 0.368. The molecule has 0 fully saturated rings. The highest BCUT2D eigenvalue weighted by atomic mass is 16.5. The Balaban J connectivity index is 2.01. The van der Waals surface area contributed by atoms with Gasteiger partial charge in [0.15, 0.2) is 0 Å². The van der Waals surface area contributed by atoms with Gasteiger partial charge >= 0.3 is 0 Å². The maximum Gasteiger partial charge on any atom is 0.119 e. The zero-order valence-corrected chi connectivity index (χ0v) is 13.0. The summed E-state index contributed by atoms with van der Waals surface area (Å²) < 4.78 is 5.41. The molecule has 2 nitrogen and oxygen atoms in total. The summed E-state index contributed by atoms with van der Waals surface area (Å²) in [5.74, 6) is 1.38. The molecule has 0 aliphatic heterocycles. The number of hydrogen-bond acceptors (Lipinski definition) is 2. The van der Waals surface area contributed by atoms with E-state index in [4.69, 9.17) is 4.74 Å². The van der Waals surface area contributed by atoms with E-state index < -0.39 is 6.10 Å². The SMILES string of the molecule is CCOc1ccc(C(O)Cc2ccc(C(C)C)cc2)cc1. The number of rotatable bonds is 6. The zero-order valence-electron chi connectivity index (χ0n) is 13.0. The zero-order chi connectivity index (χ0) is 15.2. The number of benzene rings is 2. The number of ether oxygens (including phenoxy) is 1. The molecule has 0 aromatic heterocycles. The lowest BCUT2D eigenvalue weighted by molar-refractivity contribution is 0.178. The van der Waals surface area contributed by atoms with E-state index >= 15 is 0 Å². The Bertz CT molecular complexity index is 541. The minimum atomic E-state index is -0.481. The van der Waals surface area contributed by atoms with Gasteiger partial charge in [-0.2, -0.15) is 0 Å². The molecular formula is C19H24O2. The molecule has 0 amide bonds. The van der Waals surface area contributed by atoms with Gasteiger partial charge in [-0.05, 0) is 41.7 Å². The van der Waals surface area contributed by atoms with E-state index in [0.717, 1.165) is 16.9 Å². The highest BCUT2D eigenvalue weighted by Gasteiger charge is 2.09. The number of aliphatic hydroxyl groups excluding tert-OH is 1. The molecule has 0 spiro atoms. The molecule has 0 aliphatic rings. The fourth-order valence-electron chi connectivity index (χ4n) is 2.33. The molecular weight excluding hydrogens is 260 g/mol. The lowest BCUT2D eigenvalue weighted by Crippen LogP contribution is -2.02. The van der Waals surface area contributed by atoms with Crippen molar-refractivity contribution in [3.05, 3.63) is 65.2 Å². The van der Waals surface area contributed by atoms with Gasteiger partial charge in [0.1, 0.15) is 5.75 Å². The van der Waals surface area contributed by atoms with Gasteiger partial charge in [0.2, 0.25) is 0 Å². The van der Waals surface area contributed by atoms with Crippen LogP contribution in [0.5, 0.6) is 5.75 Å². The molecule has 2 rings (SSSR count). The molecule has 0 saturated carbocycles. The van der Waals surface area contributed by atoms with Crippen molar-refractivity contribution in [3.8, 4) is 5.75 Å². The van der Waals surface area contributed by atoms with Gasteiger partial charge in [-0.1, -0.05) is 50.2 Å². The van der Waals surface area contributed by atoms with Crippen LogP contribution in [0.25, 0.3) is 0 Å². The van der Waals surface area contributed by atoms with E-state index in [0.29, 0.717) is 18.9 Å². The van der Waals surface area contributed by atoms with Crippen molar-refractivity contribution in [2.45, 2.75) is 39.2 Å². The van der Waals surface area contributed by atoms with Gasteiger partial charge in [0, 0.05) is 6.42 Å². The van der Waals surface area contributed by atoms with Gasteiger partial charge in [0.25, 0.3) is 0 Å². The van der Waals surface area contributed by atoms with E-state index in [1.807, 2.05) is 31.2 Å². The summed E-state index contributed by atoms with van der Waals surface area (Å²) >= 11 is 0. The summed E-state index contributed by atoms with van der Waals surface area (Å²) in [6, 6.07) is 16.2. The van der Waals surface area contributed by atoms with E-state index in [-0.39, 0.29) is 0 Å². The first-order valence-corrected chi connectivity index (χ1v) is 7.59. The summed E-state index contributed by atoms with van der Waals surface area (Å²) in [4.78, 5) is 0. The number of aliphatic hydroxyl groups is 1. The molecule has 1 unspecified atom stereocenters. The molecule has 0 radical (unpaired) electrons. The fourth-order valence-corrected chi connectivity index (χ4v) is 2.33. The van der Waals surface area contributed by atoms with Gasteiger partial charge in [-0.3, -0.25) is 0 Å². The first-order chi connectivity index (χ1) is 10.1. The van der Waals surface area contributed by atoms with E-state index in [1.54, 1.807) is 0 Å². The van der Waals surface area contributed by atoms with Crippen LogP contribution in [0.15, 0.2) is 48.5 Å². The monoisotopic (exact) mass is 284 g/mol. The Kier molecular flexibility index (Phi) is 5.40. The van der Waals surface area contributed by atoms with Crippen LogP contribution < -0.4 is 4.74 Å². The van der Waals surface area contributed by atoms with E-state index in [9.17, 15) is 5.11 Å². The van der Waals surface area contributed by atoms with Crippen LogP contribution in [0.2, 0.25) is 0 Å². The molecule has 0 bridgehead atoms. The quantitative estimate of drug-likeness (QED) is 0.847. The van der Waals surface area contributed by atoms with E-state index in [1.165, 1.54) is 5.56 Å². The first-order valence-electron chi connectivity index (χ1n) is 7.59. The summed E-state index contributed by atoms with van der Waals surface area (Å²) in [7, 11) is 0. The van der Waals surface area contributed by atoms with Gasteiger partial charge in [-0.25, -0.2) is 0 Å². The predicted molar refractivity (Wildman–Crippen MR) is 86.8 cm³/mol. The third-order valence-corrected chi connectivity index (χ3v) is 3.65. The molecule has 1 atom stereocenters. The largest absolute Gasteiger partial charge is 0.494 e. The van der Waals surface area contributed by atoms with Crippen molar-refractivity contribution in [3.63, 3.8) is 0 Å². The van der Waals surface area contributed by atoms with Crippen LogP contribution in [0.1, 0.15) is 49.5 Å². The van der Waals surface area contributed by atoms with Crippen molar-refractivity contribution in [1.29, 1.82) is 0 Å². The van der Waals surface area contributed by atoms with Crippen molar-refractivity contribution in [1.82, 2.24) is 0 Å². The Morgan fingerprint density at radius 3 is 2.00 bits per heavy atom. The lowest BCUT2D eigenvalue weighted by atomic mass is 9.97. The minimum Gasteiger partial charge on any atom is -0.494 e. The van der Waals surface area contributed by atoms with Crippen molar-refractivity contribution in [2.75, 3.05) is 6.61 Å². The topological polar surface area (TPSA) is 29.5 Å². The molecule has 2 aromatic rings. The molecule has 0 saturated heterocycles. The first kappa shape index (κ1) is 15.6. The highest BCUT2D eigenvalue weighted by molar-refractivity contribution is 5.30. The third kappa shape index (κ3) is 4.33. The second-order valence-electron chi connectivity index (χ2n) is 5.62. The van der Waals surface area contributed by atoms with Crippen LogP contribution in [0, 0.1) is 0 Å². The molecule has 21 heavy (non-hydrogen) atoms. The van der Waals surface area contributed by atoms with Gasteiger partial charge < -0.3 is 9.84 Å². The Morgan fingerprint density at radius 1 is 0.905 bits per heavy atom. The average Bonchev–Trinajstić information content (AvgIpc) is 2.49. The Morgan fingerprint density at radius 2 is 1.48 bits per heavy atom. The third-order valence-electron chi connectivity index (χ3n) is 3.65. The number of hydrogen-bond donors (Lipinski definition) is 1. The molecule has 0 heterocycles. The van der Waals surface area contributed by atoms with Crippen LogP contribution in [-0.2, 0) is 6.42 Å². The summed E-state index contributed by atoms with van der Waals surface area (Å²) in [5.41, 5.74) is 3.40.